The number of benzene rings is 1. The van der Waals surface area contributed by atoms with Crippen LogP contribution in [0.1, 0.15) is 48.5 Å². The first kappa shape index (κ1) is 21.7. The van der Waals surface area contributed by atoms with Crippen molar-refractivity contribution < 1.29 is 39.1 Å². The van der Waals surface area contributed by atoms with Crippen LogP contribution in [0, 0.1) is 0 Å². The molecule has 0 saturated heterocycles. The van der Waals surface area contributed by atoms with Crippen LogP contribution in [0.5, 0.6) is 17.2 Å². The van der Waals surface area contributed by atoms with E-state index in [9.17, 15) is 24.9 Å². The lowest BCUT2D eigenvalue weighted by Gasteiger charge is -2.20. The van der Waals surface area contributed by atoms with Crippen molar-refractivity contribution in [2.45, 2.75) is 50.9 Å². The van der Waals surface area contributed by atoms with Crippen molar-refractivity contribution in [2.24, 2.45) is 0 Å². The summed E-state index contributed by atoms with van der Waals surface area (Å²) < 4.78 is 15.9. The molecule has 2 rings (SSSR count). The second-order valence-corrected chi connectivity index (χ2v) is 6.64. The number of esters is 1. The Kier molecular flexibility index (Phi) is 7.42. The summed E-state index contributed by atoms with van der Waals surface area (Å²) in [4.78, 5) is 24.7. The van der Waals surface area contributed by atoms with Crippen LogP contribution in [0.3, 0.4) is 0 Å². The minimum absolute atomic E-state index is 0.0427. The first-order valence-corrected chi connectivity index (χ1v) is 9.04. The Morgan fingerprint density at radius 3 is 2.54 bits per heavy atom. The molecule has 1 aliphatic rings. The highest BCUT2D eigenvalue weighted by atomic mass is 16.5. The van der Waals surface area contributed by atoms with Crippen LogP contribution >= 0.6 is 0 Å². The zero-order chi connectivity index (χ0) is 20.8. The molecule has 1 aromatic rings. The minimum atomic E-state index is -1.49. The van der Waals surface area contributed by atoms with Crippen LogP contribution < -0.4 is 9.47 Å². The van der Waals surface area contributed by atoms with Gasteiger partial charge in [0.15, 0.2) is 17.3 Å². The third kappa shape index (κ3) is 4.82. The molecule has 0 fully saturated rings. The van der Waals surface area contributed by atoms with E-state index in [4.69, 9.17) is 14.2 Å². The summed E-state index contributed by atoms with van der Waals surface area (Å²) in [5.74, 6) is -1.13. The third-order valence-electron chi connectivity index (χ3n) is 4.59. The Bertz CT molecular complexity index is 755. The summed E-state index contributed by atoms with van der Waals surface area (Å²) >= 11 is 0. The molecule has 0 aliphatic carbocycles. The maximum Gasteiger partial charge on any atom is 0.342 e. The molecule has 0 saturated carbocycles. The van der Waals surface area contributed by atoms with E-state index in [1.807, 2.05) is 0 Å². The fraction of sp³-hybridized carbons (Fsp3) is 0.500. The first-order valence-electron chi connectivity index (χ1n) is 9.04. The second kappa shape index (κ2) is 9.57. The third-order valence-corrected chi connectivity index (χ3v) is 4.59. The molecule has 8 heteroatoms. The Morgan fingerprint density at radius 1 is 1.18 bits per heavy atom. The van der Waals surface area contributed by atoms with Crippen molar-refractivity contribution in [1.82, 2.24) is 0 Å². The lowest BCUT2D eigenvalue weighted by atomic mass is 9.99. The number of hydrogen-bond acceptors (Lipinski definition) is 8. The van der Waals surface area contributed by atoms with E-state index in [1.165, 1.54) is 32.4 Å². The number of aliphatic hydroxyl groups excluding tert-OH is 2. The summed E-state index contributed by atoms with van der Waals surface area (Å²) in [6.45, 7) is 1.67. The summed E-state index contributed by atoms with van der Waals surface area (Å²) in [5.41, 5.74) is 0.116. The zero-order valence-corrected chi connectivity index (χ0v) is 16.2. The number of fused-ring (bicyclic) bond motifs is 1. The fourth-order valence-corrected chi connectivity index (χ4v) is 3.06. The number of ether oxygens (including phenoxy) is 3. The molecule has 154 valence electrons. The lowest BCUT2D eigenvalue weighted by molar-refractivity contribution is -0.132. The number of carbonyl (C=O) groups excluding carboxylic acids is 2. The normalized spacial score (nSPS) is 25.2. The molecule has 1 aliphatic heterocycles. The highest BCUT2D eigenvalue weighted by Crippen LogP contribution is 2.40. The molecular formula is C20H26O8. The number of aliphatic hydroxyl groups is 2. The molecule has 3 atom stereocenters. The molecule has 0 radical (unpaired) electrons. The van der Waals surface area contributed by atoms with Crippen molar-refractivity contribution in [2.75, 3.05) is 14.2 Å². The predicted octanol–water partition coefficient (Wildman–Crippen LogP) is 1.83. The van der Waals surface area contributed by atoms with E-state index >= 15 is 0 Å². The average Bonchev–Trinajstić information content (AvgIpc) is 2.65. The van der Waals surface area contributed by atoms with Crippen molar-refractivity contribution in [1.29, 1.82) is 0 Å². The summed E-state index contributed by atoms with van der Waals surface area (Å²) in [5, 5.41) is 30.4. The van der Waals surface area contributed by atoms with E-state index in [-0.39, 0.29) is 41.2 Å². The monoisotopic (exact) mass is 394 g/mol. The first-order chi connectivity index (χ1) is 13.3. The van der Waals surface area contributed by atoms with E-state index in [0.29, 0.717) is 12.8 Å². The van der Waals surface area contributed by atoms with Crippen LogP contribution in [0.4, 0.5) is 0 Å². The molecule has 1 aromatic carbocycles. The summed E-state index contributed by atoms with van der Waals surface area (Å²) in [6.07, 6.45) is 0.426. The number of rotatable bonds is 2. The van der Waals surface area contributed by atoms with Gasteiger partial charge >= 0.3 is 5.97 Å². The van der Waals surface area contributed by atoms with Crippen LogP contribution in [0.2, 0.25) is 0 Å². The van der Waals surface area contributed by atoms with Gasteiger partial charge in [0, 0.05) is 18.1 Å². The summed E-state index contributed by atoms with van der Waals surface area (Å²) in [6, 6.07) is 1.26. The molecule has 0 aromatic heterocycles. The number of hydrogen-bond donors (Lipinski definition) is 3. The summed E-state index contributed by atoms with van der Waals surface area (Å²) in [7, 11) is 2.78. The molecule has 8 nitrogen and oxygen atoms in total. The smallest absolute Gasteiger partial charge is 0.342 e. The topological polar surface area (TPSA) is 123 Å². The number of carbonyl (C=O) groups is 2. The van der Waals surface area contributed by atoms with Crippen LogP contribution in [0.25, 0.3) is 6.08 Å². The molecular weight excluding hydrogens is 368 g/mol. The molecule has 1 heterocycles. The Morgan fingerprint density at radius 2 is 1.89 bits per heavy atom. The van der Waals surface area contributed by atoms with Gasteiger partial charge in [-0.05, 0) is 26.2 Å². The highest BCUT2D eigenvalue weighted by Gasteiger charge is 2.27. The van der Waals surface area contributed by atoms with Crippen LogP contribution in [-0.2, 0) is 9.53 Å². The maximum atomic E-state index is 12.7. The lowest BCUT2D eigenvalue weighted by Crippen LogP contribution is -2.33. The Balaban J connectivity index is 2.55. The van der Waals surface area contributed by atoms with E-state index in [1.54, 1.807) is 6.92 Å². The molecule has 0 bridgehead atoms. The van der Waals surface area contributed by atoms with Crippen molar-refractivity contribution in [3.8, 4) is 17.2 Å². The largest absolute Gasteiger partial charge is 0.507 e. The molecule has 0 amide bonds. The Labute approximate surface area is 163 Å². The van der Waals surface area contributed by atoms with Crippen molar-refractivity contribution in [3.63, 3.8) is 0 Å². The Hall–Kier alpha value is -2.58. The van der Waals surface area contributed by atoms with Crippen molar-refractivity contribution >= 4 is 17.8 Å². The molecule has 0 spiro atoms. The van der Waals surface area contributed by atoms with E-state index in [2.05, 4.69) is 0 Å². The number of methoxy groups -OCH3 is 2. The quantitative estimate of drug-likeness (QED) is 0.650. The zero-order valence-electron chi connectivity index (χ0n) is 16.2. The fourth-order valence-electron chi connectivity index (χ4n) is 3.06. The molecule has 0 unspecified atom stereocenters. The SMILES string of the molecule is COc1cc(O)c2c(c1OC)/C=C/C[C@H](O)[C@H](O)C(=O)CCC[C@H](C)OC2=O. The van der Waals surface area contributed by atoms with E-state index < -0.39 is 30.1 Å². The number of Topliss-reactive ketones (excluding diaryl/α,β-unsaturated/α-hetero) is 1. The van der Waals surface area contributed by atoms with Gasteiger partial charge in [0.2, 0.25) is 0 Å². The van der Waals surface area contributed by atoms with Gasteiger partial charge < -0.3 is 29.5 Å². The molecule has 3 N–H and O–H groups in total. The number of ketones is 1. The van der Waals surface area contributed by atoms with Crippen LogP contribution in [0.15, 0.2) is 12.1 Å². The minimum Gasteiger partial charge on any atom is -0.507 e. The van der Waals surface area contributed by atoms with Gasteiger partial charge in [0.1, 0.15) is 17.4 Å². The van der Waals surface area contributed by atoms with Crippen LogP contribution in [-0.4, -0.2) is 59.6 Å². The molecule has 28 heavy (non-hydrogen) atoms. The number of phenols is 1. The highest BCUT2D eigenvalue weighted by molar-refractivity contribution is 5.98. The van der Waals surface area contributed by atoms with Gasteiger partial charge in [-0.2, -0.15) is 0 Å². The predicted molar refractivity (Wildman–Crippen MR) is 101 cm³/mol. The maximum absolute atomic E-state index is 12.7. The van der Waals surface area contributed by atoms with Gasteiger partial charge in [-0.15, -0.1) is 0 Å². The average molecular weight is 394 g/mol. The number of phenolic OH excluding ortho intramolecular Hbond substituents is 1. The van der Waals surface area contributed by atoms with Gasteiger partial charge in [0.25, 0.3) is 0 Å². The van der Waals surface area contributed by atoms with Gasteiger partial charge in [-0.3, -0.25) is 4.79 Å². The standard InChI is InChI=1S/C20H26O8/c1-11-6-4-8-13(21)18(24)14(22)9-5-7-12-17(20(25)28-11)15(23)10-16(26-2)19(12)27-3/h5,7,10-11,14,18,22-24H,4,6,8-9H2,1-3H3/b7-5+/t11-,14-,18+/m0/s1. The number of aromatic hydroxyl groups is 1. The van der Waals surface area contributed by atoms with Gasteiger partial charge in [-0.25, -0.2) is 4.79 Å². The van der Waals surface area contributed by atoms with Gasteiger partial charge in [-0.1, -0.05) is 12.2 Å². The number of cyclic esters (lactones) is 1. The van der Waals surface area contributed by atoms with Crippen molar-refractivity contribution in [3.05, 3.63) is 23.3 Å². The van der Waals surface area contributed by atoms with Gasteiger partial charge in [0.05, 0.1) is 26.4 Å². The van der Waals surface area contributed by atoms with E-state index in [0.717, 1.165) is 0 Å². The second-order valence-electron chi connectivity index (χ2n) is 6.64.